The zero-order valence-electron chi connectivity index (χ0n) is 15.2. The number of benzene rings is 3. The standard InChI is InChI=1S/C23H23N3/c1-16(2)11-12-24-23-21-14-20(9-10-22(21)25-15-26-23)19-8-7-17-5-3-4-6-18(17)13-19/h3-10,13-16H,11-12H2,1-2H3,(H,24,25,26). The lowest BCUT2D eigenvalue weighted by Crippen LogP contribution is -2.06. The lowest BCUT2D eigenvalue weighted by Gasteiger charge is -2.11. The molecule has 0 aliphatic heterocycles. The Morgan fingerprint density at radius 2 is 1.62 bits per heavy atom. The number of hydrogen-bond acceptors (Lipinski definition) is 3. The minimum atomic E-state index is 0.670. The van der Waals surface area contributed by atoms with Gasteiger partial charge in [0.15, 0.2) is 0 Å². The van der Waals surface area contributed by atoms with E-state index < -0.39 is 0 Å². The Labute approximate surface area is 154 Å². The summed E-state index contributed by atoms with van der Waals surface area (Å²) in [6.45, 7) is 5.39. The molecule has 130 valence electrons. The quantitative estimate of drug-likeness (QED) is 0.490. The van der Waals surface area contributed by atoms with Crippen molar-refractivity contribution in [3.8, 4) is 11.1 Å². The number of anilines is 1. The first-order valence-electron chi connectivity index (χ1n) is 9.18. The summed E-state index contributed by atoms with van der Waals surface area (Å²) in [5.41, 5.74) is 3.36. The van der Waals surface area contributed by atoms with E-state index in [1.54, 1.807) is 6.33 Å². The Morgan fingerprint density at radius 3 is 2.46 bits per heavy atom. The fourth-order valence-electron chi connectivity index (χ4n) is 3.23. The normalized spacial score (nSPS) is 11.3. The van der Waals surface area contributed by atoms with Gasteiger partial charge < -0.3 is 5.32 Å². The second-order valence-electron chi connectivity index (χ2n) is 7.13. The van der Waals surface area contributed by atoms with E-state index in [0.29, 0.717) is 5.92 Å². The van der Waals surface area contributed by atoms with Gasteiger partial charge in [-0.2, -0.15) is 0 Å². The minimum absolute atomic E-state index is 0.670. The predicted molar refractivity (Wildman–Crippen MR) is 110 cm³/mol. The van der Waals surface area contributed by atoms with Gasteiger partial charge >= 0.3 is 0 Å². The fourth-order valence-corrected chi connectivity index (χ4v) is 3.23. The molecule has 3 aromatic carbocycles. The summed E-state index contributed by atoms with van der Waals surface area (Å²) in [4.78, 5) is 8.88. The van der Waals surface area contributed by atoms with Crippen LogP contribution in [0.4, 0.5) is 5.82 Å². The van der Waals surface area contributed by atoms with Crippen LogP contribution in [0.2, 0.25) is 0 Å². The lowest BCUT2D eigenvalue weighted by atomic mass is 10.00. The van der Waals surface area contributed by atoms with Crippen molar-refractivity contribution in [2.24, 2.45) is 5.92 Å². The molecule has 0 aliphatic rings. The maximum absolute atomic E-state index is 4.47. The molecule has 0 saturated carbocycles. The van der Waals surface area contributed by atoms with Crippen molar-refractivity contribution in [2.75, 3.05) is 11.9 Å². The van der Waals surface area contributed by atoms with Gasteiger partial charge in [0.1, 0.15) is 12.1 Å². The van der Waals surface area contributed by atoms with Crippen molar-refractivity contribution in [2.45, 2.75) is 20.3 Å². The minimum Gasteiger partial charge on any atom is -0.369 e. The van der Waals surface area contributed by atoms with Crippen LogP contribution in [-0.2, 0) is 0 Å². The molecule has 0 unspecified atom stereocenters. The van der Waals surface area contributed by atoms with E-state index in [2.05, 4.69) is 89.8 Å². The van der Waals surface area contributed by atoms with E-state index in [-0.39, 0.29) is 0 Å². The predicted octanol–water partition coefficient (Wildman–Crippen LogP) is 5.91. The van der Waals surface area contributed by atoms with Gasteiger partial charge in [-0.1, -0.05) is 56.3 Å². The summed E-state index contributed by atoms with van der Waals surface area (Å²) in [5, 5.41) is 7.06. The highest BCUT2D eigenvalue weighted by atomic mass is 15.0. The first kappa shape index (κ1) is 16.5. The summed E-state index contributed by atoms with van der Waals surface area (Å²) in [5.74, 6) is 1.59. The third kappa shape index (κ3) is 3.38. The highest BCUT2D eigenvalue weighted by Crippen LogP contribution is 2.29. The summed E-state index contributed by atoms with van der Waals surface area (Å²) < 4.78 is 0. The molecule has 4 rings (SSSR count). The first-order chi connectivity index (χ1) is 12.7. The molecule has 0 radical (unpaired) electrons. The zero-order chi connectivity index (χ0) is 17.9. The van der Waals surface area contributed by atoms with Gasteiger partial charge in [-0.25, -0.2) is 9.97 Å². The Morgan fingerprint density at radius 1 is 0.846 bits per heavy atom. The molecule has 1 heterocycles. The monoisotopic (exact) mass is 341 g/mol. The molecule has 1 N–H and O–H groups in total. The molecule has 1 aromatic heterocycles. The maximum Gasteiger partial charge on any atom is 0.137 e. The second-order valence-corrected chi connectivity index (χ2v) is 7.13. The van der Waals surface area contributed by atoms with E-state index in [4.69, 9.17) is 0 Å². The number of aromatic nitrogens is 2. The third-order valence-corrected chi connectivity index (χ3v) is 4.73. The van der Waals surface area contributed by atoms with Crippen LogP contribution in [0.3, 0.4) is 0 Å². The molecule has 0 fully saturated rings. The molecule has 26 heavy (non-hydrogen) atoms. The molecule has 0 amide bonds. The summed E-state index contributed by atoms with van der Waals surface area (Å²) in [6, 6.07) is 21.5. The molecular formula is C23H23N3. The van der Waals surface area contributed by atoms with Gasteiger partial charge in [-0.3, -0.25) is 0 Å². The van der Waals surface area contributed by atoms with E-state index in [1.807, 2.05) is 0 Å². The van der Waals surface area contributed by atoms with Gasteiger partial charge in [0, 0.05) is 11.9 Å². The molecule has 0 atom stereocenters. The van der Waals surface area contributed by atoms with Crippen molar-refractivity contribution in [3.63, 3.8) is 0 Å². The van der Waals surface area contributed by atoms with Gasteiger partial charge in [0.2, 0.25) is 0 Å². The van der Waals surface area contributed by atoms with Crippen LogP contribution in [0.1, 0.15) is 20.3 Å². The van der Waals surface area contributed by atoms with Gasteiger partial charge in [0.05, 0.1) is 5.52 Å². The largest absolute Gasteiger partial charge is 0.369 e. The van der Waals surface area contributed by atoms with Crippen LogP contribution in [0.25, 0.3) is 32.8 Å². The Bertz CT molecular complexity index is 1050. The highest BCUT2D eigenvalue weighted by molar-refractivity contribution is 5.94. The molecule has 4 aromatic rings. The van der Waals surface area contributed by atoms with Crippen molar-refractivity contribution < 1.29 is 0 Å². The molecule has 0 spiro atoms. The third-order valence-electron chi connectivity index (χ3n) is 4.73. The van der Waals surface area contributed by atoms with Gasteiger partial charge in [0.25, 0.3) is 0 Å². The molecule has 3 heteroatoms. The summed E-state index contributed by atoms with van der Waals surface area (Å²) in [6.07, 6.45) is 2.76. The second kappa shape index (κ2) is 7.12. The van der Waals surface area contributed by atoms with Crippen molar-refractivity contribution in [3.05, 3.63) is 67.0 Å². The summed E-state index contributed by atoms with van der Waals surface area (Å²) in [7, 11) is 0. The van der Waals surface area contributed by atoms with Crippen molar-refractivity contribution in [1.82, 2.24) is 9.97 Å². The summed E-state index contributed by atoms with van der Waals surface area (Å²) >= 11 is 0. The van der Waals surface area contributed by atoms with Gasteiger partial charge in [-0.15, -0.1) is 0 Å². The maximum atomic E-state index is 4.47. The van der Waals surface area contributed by atoms with Crippen LogP contribution in [0.5, 0.6) is 0 Å². The van der Waals surface area contributed by atoms with Crippen molar-refractivity contribution in [1.29, 1.82) is 0 Å². The Hall–Kier alpha value is -2.94. The Balaban J connectivity index is 1.73. The van der Waals surface area contributed by atoms with Crippen LogP contribution < -0.4 is 5.32 Å². The number of rotatable bonds is 5. The van der Waals surface area contributed by atoms with Gasteiger partial charge in [-0.05, 0) is 52.4 Å². The van der Waals surface area contributed by atoms with Crippen LogP contribution in [0, 0.1) is 5.92 Å². The average molecular weight is 341 g/mol. The SMILES string of the molecule is CC(C)CCNc1ncnc2ccc(-c3ccc4ccccc4c3)cc12. The van der Waals surface area contributed by atoms with E-state index in [0.717, 1.165) is 29.7 Å². The number of nitrogens with zero attached hydrogens (tertiary/aromatic N) is 2. The average Bonchev–Trinajstić information content (AvgIpc) is 2.67. The van der Waals surface area contributed by atoms with E-state index in [1.165, 1.54) is 21.9 Å². The topological polar surface area (TPSA) is 37.8 Å². The lowest BCUT2D eigenvalue weighted by molar-refractivity contribution is 0.607. The molecule has 0 bridgehead atoms. The van der Waals surface area contributed by atoms with Crippen LogP contribution >= 0.6 is 0 Å². The molecule has 3 nitrogen and oxygen atoms in total. The van der Waals surface area contributed by atoms with Crippen LogP contribution in [-0.4, -0.2) is 16.5 Å². The fraction of sp³-hybridized carbons (Fsp3) is 0.217. The molecule has 0 aliphatic carbocycles. The zero-order valence-corrected chi connectivity index (χ0v) is 15.2. The van der Waals surface area contributed by atoms with Crippen molar-refractivity contribution >= 4 is 27.5 Å². The highest BCUT2D eigenvalue weighted by Gasteiger charge is 2.07. The number of fused-ring (bicyclic) bond motifs is 2. The van der Waals surface area contributed by atoms with E-state index in [9.17, 15) is 0 Å². The van der Waals surface area contributed by atoms with Crippen LogP contribution in [0.15, 0.2) is 67.0 Å². The first-order valence-corrected chi connectivity index (χ1v) is 9.18. The number of nitrogens with one attached hydrogen (secondary N) is 1. The molecule has 0 saturated heterocycles. The smallest absolute Gasteiger partial charge is 0.137 e. The molecular weight excluding hydrogens is 318 g/mol. The number of hydrogen-bond donors (Lipinski definition) is 1. The van der Waals surface area contributed by atoms with E-state index >= 15 is 0 Å². The Kier molecular flexibility index (Phi) is 4.53.